The third-order valence-electron chi connectivity index (χ3n) is 3.22. The van der Waals surface area contributed by atoms with Crippen LogP contribution in [0.1, 0.15) is 27.2 Å². The van der Waals surface area contributed by atoms with Crippen molar-refractivity contribution in [3.8, 4) is 0 Å². The number of ether oxygens (including phenoxy) is 2. The average molecular weight is 312 g/mol. The first-order valence-corrected chi connectivity index (χ1v) is 7.10. The molecule has 0 aromatic carbocycles. The van der Waals surface area contributed by atoms with Crippen LogP contribution in [0.4, 0.5) is 5.69 Å². The van der Waals surface area contributed by atoms with Gasteiger partial charge in [0.15, 0.2) is 5.54 Å². The number of carbonyl (C=O) groups excluding carboxylic acids is 2. The van der Waals surface area contributed by atoms with E-state index in [9.17, 15) is 9.59 Å². The topological polar surface area (TPSA) is 108 Å². The van der Waals surface area contributed by atoms with Crippen molar-refractivity contribution in [3.05, 3.63) is 12.4 Å². The minimum atomic E-state index is -0.953. The zero-order chi connectivity index (χ0) is 16.8. The van der Waals surface area contributed by atoms with E-state index in [1.807, 2.05) is 0 Å². The summed E-state index contributed by atoms with van der Waals surface area (Å²) in [7, 11) is 1.50. The maximum absolute atomic E-state index is 11.9. The number of methoxy groups -OCH3 is 1. The molecule has 0 aliphatic rings. The van der Waals surface area contributed by atoms with Gasteiger partial charge in [-0.25, -0.2) is 4.79 Å². The second-order valence-electron chi connectivity index (χ2n) is 5.30. The smallest absolute Gasteiger partial charge is 0.333 e. The fourth-order valence-electron chi connectivity index (χ4n) is 1.78. The maximum atomic E-state index is 11.9. The van der Waals surface area contributed by atoms with E-state index in [1.54, 1.807) is 27.0 Å². The van der Waals surface area contributed by atoms with Crippen molar-refractivity contribution in [2.75, 3.05) is 25.6 Å². The van der Waals surface area contributed by atoms with Crippen LogP contribution in [-0.2, 0) is 24.6 Å². The van der Waals surface area contributed by atoms with Crippen LogP contribution in [0.5, 0.6) is 0 Å². The molecule has 3 N–H and O–H groups in total. The van der Waals surface area contributed by atoms with Gasteiger partial charge >= 0.3 is 5.97 Å². The van der Waals surface area contributed by atoms with Gasteiger partial charge in [-0.05, 0) is 20.8 Å². The van der Waals surface area contributed by atoms with Gasteiger partial charge in [0, 0.05) is 19.9 Å². The van der Waals surface area contributed by atoms with Crippen molar-refractivity contribution in [1.29, 1.82) is 0 Å². The molecule has 1 aromatic heterocycles. The monoisotopic (exact) mass is 312 g/mol. The lowest BCUT2D eigenvalue weighted by Crippen LogP contribution is -2.37. The molecule has 1 unspecified atom stereocenters. The first-order chi connectivity index (χ1) is 10.3. The van der Waals surface area contributed by atoms with E-state index >= 15 is 0 Å². The summed E-state index contributed by atoms with van der Waals surface area (Å²) in [6.45, 7) is 5.69. The molecule has 1 aromatic rings. The summed E-state index contributed by atoms with van der Waals surface area (Å²) in [4.78, 5) is 23.8. The normalized spacial score (nSPS) is 12.8. The predicted octanol–water partition coefficient (Wildman–Crippen LogP) is 0.484. The van der Waals surface area contributed by atoms with E-state index in [0.29, 0.717) is 12.3 Å². The quantitative estimate of drug-likeness (QED) is 0.676. The lowest BCUT2D eigenvalue weighted by Gasteiger charge is -2.22. The summed E-state index contributed by atoms with van der Waals surface area (Å²) >= 11 is 0. The van der Waals surface area contributed by atoms with Gasteiger partial charge in [0.2, 0.25) is 5.91 Å². The minimum Gasteiger partial charge on any atom is -0.464 e. The zero-order valence-electron chi connectivity index (χ0n) is 13.5. The van der Waals surface area contributed by atoms with Crippen molar-refractivity contribution in [2.24, 2.45) is 5.73 Å². The maximum Gasteiger partial charge on any atom is 0.333 e. The van der Waals surface area contributed by atoms with Crippen LogP contribution in [0.3, 0.4) is 0 Å². The number of amides is 1. The highest BCUT2D eigenvalue weighted by Crippen LogP contribution is 2.19. The molecule has 0 aliphatic heterocycles. The van der Waals surface area contributed by atoms with Gasteiger partial charge in [-0.15, -0.1) is 0 Å². The molecule has 8 heteroatoms. The number of aromatic nitrogens is 2. The van der Waals surface area contributed by atoms with Crippen LogP contribution in [0.25, 0.3) is 0 Å². The molecule has 1 rings (SSSR count). The number of hydrogen-bond acceptors (Lipinski definition) is 6. The predicted molar refractivity (Wildman–Crippen MR) is 81.3 cm³/mol. The molecule has 124 valence electrons. The first-order valence-electron chi connectivity index (χ1n) is 7.10. The fourth-order valence-corrected chi connectivity index (χ4v) is 1.78. The van der Waals surface area contributed by atoms with Gasteiger partial charge in [0.05, 0.1) is 31.0 Å². The van der Waals surface area contributed by atoms with Gasteiger partial charge in [0.25, 0.3) is 0 Å². The molecule has 0 saturated carbocycles. The molecule has 0 radical (unpaired) electrons. The number of nitrogens with two attached hydrogens (primary N) is 1. The highest BCUT2D eigenvalue weighted by molar-refractivity contribution is 5.90. The van der Waals surface area contributed by atoms with Crippen LogP contribution < -0.4 is 11.1 Å². The highest BCUT2D eigenvalue weighted by Gasteiger charge is 2.32. The Morgan fingerprint density at radius 1 is 1.50 bits per heavy atom. The molecule has 0 fully saturated rings. The fraction of sp³-hybridized carbons (Fsp3) is 0.643. The van der Waals surface area contributed by atoms with Crippen LogP contribution in [0.15, 0.2) is 12.4 Å². The standard InChI is InChI=1S/C14H24N4O4/c1-5-22-13(20)14(2,3)18-9-10(8-16-18)17-12(19)6-11(7-15)21-4/h8-9,11H,5-7,15H2,1-4H3,(H,17,19). The Morgan fingerprint density at radius 3 is 2.73 bits per heavy atom. The minimum absolute atomic E-state index is 0.152. The SMILES string of the molecule is CCOC(=O)C(C)(C)n1cc(NC(=O)CC(CN)OC)cn1. The first kappa shape index (κ1) is 18.1. The number of nitrogens with zero attached hydrogens (tertiary/aromatic N) is 2. The van der Waals surface area contributed by atoms with E-state index in [1.165, 1.54) is 18.0 Å². The average Bonchev–Trinajstić information content (AvgIpc) is 2.94. The Kier molecular flexibility index (Phi) is 6.51. The largest absolute Gasteiger partial charge is 0.464 e. The molecule has 22 heavy (non-hydrogen) atoms. The third-order valence-corrected chi connectivity index (χ3v) is 3.22. The zero-order valence-corrected chi connectivity index (χ0v) is 13.5. The van der Waals surface area contributed by atoms with E-state index in [0.717, 1.165) is 0 Å². The number of anilines is 1. The lowest BCUT2D eigenvalue weighted by molar-refractivity contribution is -0.152. The number of esters is 1. The number of carbonyl (C=O) groups is 2. The molecule has 0 spiro atoms. The van der Waals surface area contributed by atoms with Crippen LogP contribution in [-0.4, -0.2) is 48.0 Å². The van der Waals surface area contributed by atoms with E-state index < -0.39 is 11.5 Å². The summed E-state index contributed by atoms with van der Waals surface area (Å²) < 4.78 is 11.5. The Balaban J connectivity index is 2.72. The van der Waals surface area contributed by atoms with Gasteiger partial charge in [-0.2, -0.15) is 5.10 Å². The summed E-state index contributed by atoms with van der Waals surface area (Å²) in [5, 5.41) is 6.80. The molecule has 0 aliphatic carbocycles. The third kappa shape index (κ3) is 4.54. The van der Waals surface area contributed by atoms with Crippen molar-refractivity contribution in [1.82, 2.24) is 9.78 Å². The summed E-state index contributed by atoms with van der Waals surface area (Å²) in [5.41, 5.74) is 5.02. The van der Waals surface area contributed by atoms with Gasteiger partial charge < -0.3 is 20.5 Å². The summed E-state index contributed by atoms with van der Waals surface area (Å²) in [6.07, 6.45) is 2.88. The Morgan fingerprint density at radius 2 is 2.18 bits per heavy atom. The molecular formula is C14H24N4O4. The number of nitrogens with one attached hydrogen (secondary N) is 1. The van der Waals surface area contributed by atoms with Crippen molar-refractivity contribution >= 4 is 17.6 Å². The molecular weight excluding hydrogens is 288 g/mol. The number of hydrogen-bond donors (Lipinski definition) is 2. The molecule has 1 amide bonds. The van der Waals surface area contributed by atoms with Gasteiger partial charge in [-0.1, -0.05) is 0 Å². The molecule has 1 heterocycles. The molecule has 0 bridgehead atoms. The van der Waals surface area contributed by atoms with Crippen LogP contribution in [0, 0.1) is 0 Å². The van der Waals surface area contributed by atoms with Crippen molar-refractivity contribution in [2.45, 2.75) is 38.8 Å². The number of rotatable bonds is 8. The van der Waals surface area contributed by atoms with Crippen LogP contribution >= 0.6 is 0 Å². The molecule has 8 nitrogen and oxygen atoms in total. The Hall–Kier alpha value is -1.93. The lowest BCUT2D eigenvalue weighted by atomic mass is 10.1. The second kappa shape index (κ2) is 7.90. The van der Waals surface area contributed by atoms with Crippen LogP contribution in [0.2, 0.25) is 0 Å². The van der Waals surface area contributed by atoms with E-state index in [-0.39, 0.29) is 25.0 Å². The van der Waals surface area contributed by atoms with Crippen molar-refractivity contribution < 1.29 is 19.1 Å². The van der Waals surface area contributed by atoms with E-state index in [4.69, 9.17) is 15.2 Å². The highest BCUT2D eigenvalue weighted by atomic mass is 16.5. The Labute approximate surface area is 129 Å². The van der Waals surface area contributed by atoms with Crippen molar-refractivity contribution in [3.63, 3.8) is 0 Å². The molecule has 1 atom stereocenters. The Bertz CT molecular complexity index is 509. The summed E-state index contributed by atoms with van der Waals surface area (Å²) in [6, 6.07) is 0. The van der Waals surface area contributed by atoms with Gasteiger partial charge in [0.1, 0.15) is 0 Å². The molecule has 0 saturated heterocycles. The summed E-state index contributed by atoms with van der Waals surface area (Å²) in [5.74, 6) is -0.621. The van der Waals surface area contributed by atoms with Gasteiger partial charge in [-0.3, -0.25) is 9.48 Å². The van der Waals surface area contributed by atoms with E-state index in [2.05, 4.69) is 10.4 Å². The second-order valence-corrected chi connectivity index (χ2v) is 5.30.